The summed E-state index contributed by atoms with van der Waals surface area (Å²) in [5.74, 6) is 3.83. The van der Waals surface area contributed by atoms with E-state index in [1.807, 2.05) is 0 Å². The van der Waals surface area contributed by atoms with Gasteiger partial charge in [0.15, 0.2) is 8.75 Å². The summed E-state index contributed by atoms with van der Waals surface area (Å²) in [7, 11) is 2.95. The fraction of sp³-hybridized carbons (Fsp3) is 0.600. The zero-order valence-electron chi connectivity index (χ0n) is 12.3. The average molecular weight is 415 g/mol. The van der Waals surface area contributed by atoms with E-state index in [1.165, 1.54) is 14.1 Å². The molecule has 128 valence electrons. The summed E-state index contributed by atoms with van der Waals surface area (Å²) in [5, 5.41) is 7.52. The van der Waals surface area contributed by atoms with Crippen molar-refractivity contribution in [1.29, 1.82) is 0 Å². The lowest BCUT2D eigenvalue weighted by Crippen LogP contribution is -2.28. The second kappa shape index (κ2) is 9.81. The van der Waals surface area contributed by atoms with Crippen molar-refractivity contribution in [2.24, 2.45) is 10.3 Å². The van der Waals surface area contributed by atoms with Crippen molar-refractivity contribution in [2.45, 2.75) is 0 Å². The number of oxime groups is 2. The molecule has 0 radical (unpaired) electrons. The van der Waals surface area contributed by atoms with Gasteiger partial charge in [-0.3, -0.25) is 9.68 Å². The van der Waals surface area contributed by atoms with Crippen molar-refractivity contribution >= 4 is 80.1 Å². The highest BCUT2D eigenvalue weighted by atomic mass is 32.2. The van der Waals surface area contributed by atoms with E-state index < -0.39 is 12.2 Å². The van der Waals surface area contributed by atoms with Crippen molar-refractivity contribution < 1.29 is 19.3 Å². The lowest BCUT2D eigenvalue weighted by molar-refractivity contribution is 0.131. The van der Waals surface area contributed by atoms with E-state index in [4.69, 9.17) is 9.68 Å². The minimum atomic E-state index is -0.677. The van der Waals surface area contributed by atoms with Gasteiger partial charge in [-0.1, -0.05) is 57.4 Å². The molecule has 23 heavy (non-hydrogen) atoms. The smallest absolute Gasteiger partial charge is 0.296 e. The number of nitrogens with zero attached hydrogens (tertiary/aromatic N) is 4. The Hall–Kier alpha value is -0.370. The molecule has 0 aromatic heterocycles. The molecule has 2 fully saturated rings. The summed E-state index contributed by atoms with van der Waals surface area (Å²) in [4.78, 5) is 33.2. The number of hydrogen-bond acceptors (Lipinski definition) is 11. The van der Waals surface area contributed by atoms with Crippen LogP contribution in [0.15, 0.2) is 10.3 Å². The average Bonchev–Trinajstić information content (AvgIpc) is 3.23. The second-order valence-corrected chi connectivity index (χ2v) is 10.0. The predicted octanol–water partition coefficient (Wildman–Crippen LogP) is 3.19. The first-order valence-electron chi connectivity index (χ1n) is 6.31. The lowest BCUT2D eigenvalue weighted by atomic mass is 11.0. The Morgan fingerprint density at radius 2 is 1.22 bits per heavy atom. The molecule has 8 nitrogen and oxygen atoms in total. The first-order chi connectivity index (χ1) is 11.1. The summed E-state index contributed by atoms with van der Waals surface area (Å²) in [6.45, 7) is 0. The molecule has 2 saturated heterocycles. The van der Waals surface area contributed by atoms with Gasteiger partial charge in [-0.05, 0) is 0 Å². The minimum absolute atomic E-state index is 0.677. The fourth-order valence-corrected chi connectivity index (χ4v) is 5.85. The summed E-state index contributed by atoms with van der Waals surface area (Å²) >= 11 is 7.00. The molecule has 2 aliphatic heterocycles. The maximum Gasteiger partial charge on any atom is 0.447 e. The van der Waals surface area contributed by atoms with Gasteiger partial charge in [0.2, 0.25) is 0 Å². The Kier molecular flexibility index (Phi) is 8.09. The molecule has 2 aliphatic rings. The number of amides is 2. The Bertz CT molecular complexity index is 457. The molecule has 13 heteroatoms. The maximum absolute atomic E-state index is 11.8. The molecule has 2 rings (SSSR count). The van der Waals surface area contributed by atoms with Gasteiger partial charge in [0.1, 0.15) is 0 Å². The zero-order valence-corrected chi connectivity index (χ0v) is 16.4. The first-order valence-corrected chi connectivity index (χ1v) is 11.0. The number of rotatable bonds is 4. The van der Waals surface area contributed by atoms with Crippen LogP contribution in [0.5, 0.6) is 0 Å². The standard InChI is InChI=1S/C10H14N4O4S5/c1-13(9(15)17-11-7-19-3-4-20-7)23-14(2)10(16)18-12-8-21-5-6-22-8/h3-6H2,1-2H3. The number of hydrogen-bond donors (Lipinski definition) is 0. The third-order valence-electron chi connectivity index (χ3n) is 2.22. The van der Waals surface area contributed by atoms with E-state index in [0.29, 0.717) is 0 Å². The summed E-state index contributed by atoms with van der Waals surface area (Å²) < 4.78 is 3.74. The van der Waals surface area contributed by atoms with Gasteiger partial charge >= 0.3 is 12.2 Å². The SMILES string of the molecule is CN(SN(C)C(=O)ON=C1SCCS1)C(=O)ON=C1SCCS1. The fourth-order valence-electron chi connectivity index (χ4n) is 1.22. The van der Waals surface area contributed by atoms with Crippen LogP contribution in [0.2, 0.25) is 0 Å². The zero-order chi connectivity index (χ0) is 16.7. The number of carbonyl (C=O) groups excluding carboxylic acids is 2. The summed E-state index contributed by atoms with van der Waals surface area (Å²) in [5.41, 5.74) is 0. The van der Waals surface area contributed by atoms with Crippen LogP contribution in [0.25, 0.3) is 0 Å². The molecule has 0 aliphatic carbocycles. The molecule has 0 bridgehead atoms. The topological polar surface area (TPSA) is 83.8 Å². The largest absolute Gasteiger partial charge is 0.447 e. The summed E-state index contributed by atoms with van der Waals surface area (Å²) in [6.07, 6.45) is -1.35. The first kappa shape index (κ1) is 19.0. The van der Waals surface area contributed by atoms with E-state index in [-0.39, 0.29) is 0 Å². The minimum Gasteiger partial charge on any atom is -0.296 e. The van der Waals surface area contributed by atoms with Crippen LogP contribution in [0, 0.1) is 0 Å². The Morgan fingerprint density at radius 3 is 1.57 bits per heavy atom. The van der Waals surface area contributed by atoms with Gasteiger partial charge in [0.25, 0.3) is 0 Å². The number of carbonyl (C=O) groups is 2. The molecule has 0 atom stereocenters. The van der Waals surface area contributed by atoms with E-state index in [2.05, 4.69) is 10.3 Å². The van der Waals surface area contributed by atoms with Crippen molar-refractivity contribution in [3.05, 3.63) is 0 Å². The highest BCUT2D eigenvalue weighted by molar-refractivity contribution is 8.41. The number of thioether (sulfide) groups is 4. The summed E-state index contributed by atoms with van der Waals surface area (Å²) in [6, 6.07) is 0. The highest BCUT2D eigenvalue weighted by Gasteiger charge is 2.21. The predicted molar refractivity (Wildman–Crippen MR) is 101 cm³/mol. The quantitative estimate of drug-likeness (QED) is 0.391. The van der Waals surface area contributed by atoms with Crippen molar-refractivity contribution in [3.63, 3.8) is 0 Å². The molecular formula is C10H14N4O4S5. The van der Waals surface area contributed by atoms with Crippen LogP contribution in [0.4, 0.5) is 9.59 Å². The Labute approximate surface area is 155 Å². The molecular weight excluding hydrogens is 400 g/mol. The molecule has 0 saturated carbocycles. The van der Waals surface area contributed by atoms with Crippen LogP contribution in [0.3, 0.4) is 0 Å². The third kappa shape index (κ3) is 6.57. The molecule has 0 aromatic rings. The Morgan fingerprint density at radius 1 is 0.870 bits per heavy atom. The van der Waals surface area contributed by atoms with E-state index in [9.17, 15) is 9.59 Å². The van der Waals surface area contributed by atoms with Crippen LogP contribution in [-0.2, 0) is 9.68 Å². The third-order valence-corrected chi connectivity index (χ3v) is 7.86. The van der Waals surface area contributed by atoms with Crippen molar-refractivity contribution in [3.8, 4) is 0 Å². The van der Waals surface area contributed by atoms with Gasteiger partial charge in [0, 0.05) is 37.1 Å². The van der Waals surface area contributed by atoms with E-state index in [0.717, 1.165) is 52.5 Å². The van der Waals surface area contributed by atoms with Crippen LogP contribution < -0.4 is 0 Å². The van der Waals surface area contributed by atoms with Crippen LogP contribution >= 0.6 is 59.2 Å². The second-order valence-electron chi connectivity index (χ2n) is 3.90. The van der Waals surface area contributed by atoms with Gasteiger partial charge < -0.3 is 0 Å². The van der Waals surface area contributed by atoms with Crippen LogP contribution in [-0.4, -0.2) is 66.7 Å². The lowest BCUT2D eigenvalue weighted by Gasteiger charge is -2.19. The molecule has 0 unspecified atom stereocenters. The molecule has 2 heterocycles. The molecule has 2 amide bonds. The van der Waals surface area contributed by atoms with Gasteiger partial charge in [0.05, 0.1) is 12.1 Å². The van der Waals surface area contributed by atoms with Gasteiger partial charge in [-0.25, -0.2) is 18.2 Å². The maximum atomic E-state index is 11.8. The molecule has 0 aromatic carbocycles. The van der Waals surface area contributed by atoms with Gasteiger partial charge in [-0.15, -0.1) is 0 Å². The van der Waals surface area contributed by atoms with Gasteiger partial charge in [-0.2, -0.15) is 0 Å². The Balaban J connectivity index is 1.72. The van der Waals surface area contributed by atoms with E-state index >= 15 is 0 Å². The highest BCUT2D eigenvalue weighted by Crippen LogP contribution is 2.27. The van der Waals surface area contributed by atoms with Crippen molar-refractivity contribution in [1.82, 2.24) is 8.61 Å². The normalized spacial score (nSPS) is 17.0. The van der Waals surface area contributed by atoms with E-state index in [1.54, 1.807) is 47.0 Å². The monoisotopic (exact) mass is 414 g/mol. The molecule has 0 N–H and O–H groups in total. The van der Waals surface area contributed by atoms with Crippen LogP contribution in [0.1, 0.15) is 0 Å². The molecule has 0 spiro atoms. The van der Waals surface area contributed by atoms with Crippen molar-refractivity contribution in [2.75, 3.05) is 37.1 Å².